The largest absolute Gasteiger partial charge is 0.497 e. The molecular formula is C30H39NO5S. The summed E-state index contributed by atoms with van der Waals surface area (Å²) in [5, 5.41) is 19.9. The van der Waals surface area contributed by atoms with Gasteiger partial charge in [-0.3, -0.25) is 9.69 Å². The number of benzene rings is 2. The Hall–Kier alpha value is -2.32. The van der Waals surface area contributed by atoms with Crippen molar-refractivity contribution in [2.24, 2.45) is 5.92 Å². The Balaban J connectivity index is 1.38. The number of allylic oxidation sites excluding steroid dienone is 2. The van der Waals surface area contributed by atoms with E-state index in [0.717, 1.165) is 59.9 Å². The molecule has 1 heterocycles. The Labute approximate surface area is 224 Å². The van der Waals surface area contributed by atoms with E-state index in [2.05, 4.69) is 53.5 Å². The molecular weight excluding hydrogens is 486 g/mol. The predicted octanol–water partition coefficient (Wildman–Crippen LogP) is 5.25. The molecule has 4 atom stereocenters. The fraction of sp³-hybridized carbons (Fsp3) is 0.500. The third-order valence-corrected chi connectivity index (χ3v) is 8.37. The van der Waals surface area contributed by atoms with Crippen molar-refractivity contribution in [1.82, 2.24) is 4.90 Å². The molecule has 2 aliphatic rings. The molecule has 1 aliphatic heterocycles. The molecule has 2 aromatic rings. The Bertz CT molecular complexity index is 1000. The Kier molecular flexibility index (Phi) is 10.5. The number of hydrogen-bond acceptors (Lipinski definition) is 6. The maximum absolute atomic E-state index is 11.1. The first-order valence-corrected chi connectivity index (χ1v) is 14.4. The van der Waals surface area contributed by atoms with Crippen molar-refractivity contribution >= 4 is 17.7 Å². The monoisotopic (exact) mass is 525 g/mol. The molecule has 2 aromatic carbocycles. The van der Waals surface area contributed by atoms with Crippen LogP contribution in [0.5, 0.6) is 5.75 Å². The van der Waals surface area contributed by atoms with Crippen LogP contribution in [0.4, 0.5) is 0 Å². The molecule has 1 aliphatic carbocycles. The standard InChI is InChI=1S/C30H39NO5S/c1-35-25-14-12-24(13-15-25)23-10-8-22(9-11-23)21-36-28-20-27(32)30(31-16-18-37-19-17-31)26(28)6-4-2-3-5-7-29(33)34/h2,4,8-15,26-28,30,32H,3,5-7,16-21H2,1H3,(H,33,34)/b4-2-/t26-,27+,28-,30+/m0/s1. The molecule has 2 fully saturated rings. The lowest BCUT2D eigenvalue weighted by Gasteiger charge is -2.37. The second kappa shape index (κ2) is 14.0. The summed E-state index contributed by atoms with van der Waals surface area (Å²) in [4.78, 5) is 13.2. The van der Waals surface area contributed by atoms with E-state index >= 15 is 0 Å². The average molecular weight is 526 g/mol. The zero-order chi connectivity index (χ0) is 26.0. The van der Waals surface area contributed by atoms with E-state index < -0.39 is 12.1 Å². The van der Waals surface area contributed by atoms with Gasteiger partial charge in [0.25, 0.3) is 0 Å². The van der Waals surface area contributed by atoms with E-state index in [1.165, 1.54) is 0 Å². The van der Waals surface area contributed by atoms with Crippen LogP contribution in [0.2, 0.25) is 0 Å². The van der Waals surface area contributed by atoms with Crippen molar-refractivity contribution in [2.45, 2.75) is 57.0 Å². The topological polar surface area (TPSA) is 79.2 Å². The van der Waals surface area contributed by atoms with E-state index in [4.69, 9.17) is 14.6 Å². The van der Waals surface area contributed by atoms with Gasteiger partial charge >= 0.3 is 5.97 Å². The number of ether oxygens (including phenoxy) is 2. The lowest BCUT2D eigenvalue weighted by atomic mass is 9.95. The fourth-order valence-electron chi connectivity index (χ4n) is 5.45. The van der Waals surface area contributed by atoms with Crippen LogP contribution in [-0.4, -0.2) is 71.0 Å². The number of carboxylic acid groups (broad SMARTS) is 1. The smallest absolute Gasteiger partial charge is 0.303 e. The van der Waals surface area contributed by atoms with Gasteiger partial charge in [-0.15, -0.1) is 0 Å². The van der Waals surface area contributed by atoms with Crippen molar-refractivity contribution in [1.29, 1.82) is 0 Å². The molecule has 6 nitrogen and oxygen atoms in total. The van der Waals surface area contributed by atoms with Gasteiger partial charge in [0.2, 0.25) is 0 Å². The second-order valence-corrected chi connectivity index (χ2v) is 11.1. The SMILES string of the molecule is COc1ccc(-c2ccc(CO[C@H]3C[C@@H](O)[C@H](N4CCSCC4)[C@H]3C/C=C\CCCC(=O)O)cc2)cc1. The number of methoxy groups -OCH3 is 1. The molecule has 0 bridgehead atoms. The minimum atomic E-state index is -0.749. The molecule has 0 aromatic heterocycles. The number of carbonyl (C=O) groups is 1. The average Bonchev–Trinajstić information content (AvgIpc) is 3.24. The summed E-state index contributed by atoms with van der Waals surface area (Å²) in [7, 11) is 1.67. The van der Waals surface area contributed by atoms with E-state index in [1.807, 2.05) is 23.9 Å². The van der Waals surface area contributed by atoms with Gasteiger partial charge in [0, 0.05) is 49.4 Å². The highest BCUT2D eigenvalue weighted by molar-refractivity contribution is 7.99. The van der Waals surface area contributed by atoms with Crippen LogP contribution >= 0.6 is 11.8 Å². The first-order valence-electron chi connectivity index (χ1n) is 13.3. The van der Waals surface area contributed by atoms with Gasteiger partial charge in [-0.25, -0.2) is 0 Å². The number of aliphatic hydroxyl groups is 1. The molecule has 7 heteroatoms. The Morgan fingerprint density at radius 1 is 1.05 bits per heavy atom. The zero-order valence-corrected chi connectivity index (χ0v) is 22.4. The summed E-state index contributed by atoms with van der Waals surface area (Å²) in [5.41, 5.74) is 3.41. The van der Waals surface area contributed by atoms with Crippen LogP contribution in [-0.2, 0) is 16.1 Å². The van der Waals surface area contributed by atoms with Gasteiger partial charge in [-0.05, 0) is 48.1 Å². The zero-order valence-electron chi connectivity index (χ0n) is 21.6. The van der Waals surface area contributed by atoms with E-state index in [9.17, 15) is 9.90 Å². The minimum Gasteiger partial charge on any atom is -0.497 e. The predicted molar refractivity (Wildman–Crippen MR) is 149 cm³/mol. The number of aliphatic hydroxyl groups excluding tert-OH is 1. The molecule has 0 radical (unpaired) electrons. The van der Waals surface area contributed by atoms with E-state index in [0.29, 0.717) is 19.4 Å². The van der Waals surface area contributed by atoms with Crippen LogP contribution in [0, 0.1) is 5.92 Å². The molecule has 0 unspecified atom stereocenters. The lowest BCUT2D eigenvalue weighted by molar-refractivity contribution is -0.137. The molecule has 1 saturated heterocycles. The quantitative estimate of drug-likeness (QED) is 0.290. The van der Waals surface area contributed by atoms with E-state index in [1.54, 1.807) is 7.11 Å². The van der Waals surface area contributed by atoms with Crippen molar-refractivity contribution in [3.63, 3.8) is 0 Å². The Morgan fingerprint density at radius 2 is 1.73 bits per heavy atom. The van der Waals surface area contributed by atoms with Crippen molar-refractivity contribution in [3.8, 4) is 16.9 Å². The lowest BCUT2D eigenvalue weighted by Crippen LogP contribution is -2.48. The maximum Gasteiger partial charge on any atom is 0.303 e. The van der Waals surface area contributed by atoms with Gasteiger partial charge in [0.1, 0.15) is 5.75 Å². The molecule has 37 heavy (non-hydrogen) atoms. The third-order valence-electron chi connectivity index (χ3n) is 7.43. The second-order valence-electron chi connectivity index (χ2n) is 9.87. The van der Waals surface area contributed by atoms with Crippen molar-refractivity contribution in [2.75, 3.05) is 31.7 Å². The van der Waals surface area contributed by atoms with Crippen molar-refractivity contribution in [3.05, 3.63) is 66.2 Å². The Morgan fingerprint density at radius 3 is 2.38 bits per heavy atom. The summed E-state index contributed by atoms with van der Waals surface area (Å²) in [5.74, 6) is 2.52. The number of thioether (sulfide) groups is 1. The van der Waals surface area contributed by atoms with Crippen LogP contribution in [0.1, 0.15) is 37.7 Å². The molecule has 2 N–H and O–H groups in total. The van der Waals surface area contributed by atoms with E-state index in [-0.39, 0.29) is 24.5 Å². The summed E-state index contributed by atoms with van der Waals surface area (Å²) < 4.78 is 11.7. The first-order chi connectivity index (χ1) is 18.0. The molecule has 4 rings (SSSR count). The molecule has 200 valence electrons. The normalized spacial score (nSPS) is 24.5. The highest BCUT2D eigenvalue weighted by atomic mass is 32.2. The molecule has 0 spiro atoms. The number of hydrogen-bond donors (Lipinski definition) is 2. The maximum atomic E-state index is 11.1. The van der Waals surface area contributed by atoms with Gasteiger partial charge in [0.05, 0.1) is 25.9 Å². The van der Waals surface area contributed by atoms with Crippen LogP contribution in [0.25, 0.3) is 11.1 Å². The van der Waals surface area contributed by atoms with Crippen molar-refractivity contribution < 1.29 is 24.5 Å². The summed E-state index contributed by atoms with van der Waals surface area (Å²) in [6.45, 7) is 2.53. The van der Waals surface area contributed by atoms with Crippen LogP contribution in [0.15, 0.2) is 60.7 Å². The van der Waals surface area contributed by atoms with Gasteiger partial charge in [-0.2, -0.15) is 11.8 Å². The summed E-state index contributed by atoms with van der Waals surface area (Å²) >= 11 is 1.98. The number of rotatable bonds is 12. The highest BCUT2D eigenvalue weighted by Gasteiger charge is 2.45. The highest BCUT2D eigenvalue weighted by Crippen LogP contribution is 2.37. The number of unbranched alkanes of at least 4 members (excludes halogenated alkanes) is 1. The third kappa shape index (κ3) is 7.84. The molecule has 0 amide bonds. The molecule has 1 saturated carbocycles. The minimum absolute atomic E-state index is 0.0143. The number of aliphatic carboxylic acids is 1. The van der Waals surface area contributed by atoms with Gasteiger partial charge < -0.3 is 19.7 Å². The van der Waals surface area contributed by atoms with Crippen LogP contribution < -0.4 is 4.74 Å². The number of carboxylic acids is 1. The number of nitrogens with zero attached hydrogens (tertiary/aromatic N) is 1. The fourth-order valence-corrected chi connectivity index (χ4v) is 6.38. The summed E-state index contributed by atoms with van der Waals surface area (Å²) in [6, 6.07) is 16.6. The first kappa shape index (κ1) is 27.7. The summed E-state index contributed by atoms with van der Waals surface area (Å²) in [6.07, 6.45) is 6.94. The van der Waals surface area contributed by atoms with Crippen LogP contribution in [0.3, 0.4) is 0 Å². The van der Waals surface area contributed by atoms with Gasteiger partial charge in [0.15, 0.2) is 0 Å². The van der Waals surface area contributed by atoms with Gasteiger partial charge in [-0.1, -0.05) is 48.6 Å².